The molecule has 0 saturated heterocycles. The molecule has 0 bridgehead atoms. The molecule has 0 aliphatic heterocycles. The minimum atomic E-state index is -0.826. The first-order chi connectivity index (χ1) is 12.5. The molecule has 0 spiro atoms. The van der Waals surface area contributed by atoms with E-state index in [0.717, 1.165) is 18.5 Å². The van der Waals surface area contributed by atoms with Gasteiger partial charge in [-0.3, -0.25) is 0 Å². The van der Waals surface area contributed by atoms with E-state index in [9.17, 15) is 0 Å². The van der Waals surface area contributed by atoms with Crippen LogP contribution in [0.2, 0.25) is 13.1 Å². The maximum absolute atomic E-state index is 4.93. The van der Waals surface area contributed by atoms with Gasteiger partial charge in [-0.15, -0.1) is 70.1 Å². The van der Waals surface area contributed by atoms with Crippen molar-refractivity contribution in [2.45, 2.75) is 13.1 Å². The van der Waals surface area contributed by atoms with Gasteiger partial charge in [-0.25, -0.2) is 0 Å². The van der Waals surface area contributed by atoms with Crippen molar-refractivity contribution in [3.8, 4) is 0 Å². The average molecular weight is 608 g/mol. The van der Waals surface area contributed by atoms with Crippen LogP contribution in [-0.4, -0.2) is 9.52 Å². The van der Waals surface area contributed by atoms with Crippen molar-refractivity contribution < 1.29 is 20.8 Å². The Balaban J connectivity index is 0.000000201. The molecule has 4 aromatic carbocycles. The molecule has 26 heavy (non-hydrogen) atoms. The van der Waals surface area contributed by atoms with E-state index in [1.54, 1.807) is 0 Å². The van der Waals surface area contributed by atoms with Gasteiger partial charge in [-0.2, -0.15) is 12.1 Å². The van der Waals surface area contributed by atoms with Crippen LogP contribution in [-0.2, 0) is 20.8 Å². The third-order valence-corrected chi connectivity index (χ3v) is 4.08. The zero-order valence-corrected chi connectivity index (χ0v) is 22.6. The van der Waals surface area contributed by atoms with E-state index in [1.807, 2.05) is 0 Å². The summed E-state index contributed by atoms with van der Waals surface area (Å²) in [6.07, 6.45) is 0. The molecule has 2 radical (unpaired) electrons. The Morgan fingerprint density at radius 3 is 1.38 bits per heavy atom. The van der Waals surface area contributed by atoms with Crippen LogP contribution < -0.4 is 0 Å². The minimum absolute atomic E-state index is 0.826. The Morgan fingerprint density at radius 1 is 0.769 bits per heavy atom. The fraction of sp³-hybridized carbons (Fsp3) is 0.100. The van der Waals surface area contributed by atoms with Gasteiger partial charge in [0.15, 0.2) is 0 Å². The third-order valence-electron chi connectivity index (χ3n) is 3.17. The summed E-state index contributed by atoms with van der Waals surface area (Å²) >= 11 is 6.02. The molecular formula is C20H18Br2Cl2SiZr. The second-order valence-corrected chi connectivity index (χ2v) is 11.7. The van der Waals surface area contributed by atoms with E-state index >= 15 is 0 Å². The molecule has 0 aliphatic carbocycles. The van der Waals surface area contributed by atoms with E-state index in [2.05, 4.69) is 118 Å². The average Bonchev–Trinajstić information content (AvgIpc) is 3.17. The molecule has 0 heterocycles. The van der Waals surface area contributed by atoms with E-state index < -0.39 is 20.8 Å². The van der Waals surface area contributed by atoms with Crippen LogP contribution in [0.5, 0.6) is 0 Å². The van der Waals surface area contributed by atoms with Crippen molar-refractivity contribution in [1.29, 1.82) is 0 Å². The van der Waals surface area contributed by atoms with Crippen molar-refractivity contribution in [3.63, 3.8) is 0 Å². The van der Waals surface area contributed by atoms with Crippen LogP contribution in [0.1, 0.15) is 0 Å². The van der Waals surface area contributed by atoms with Gasteiger partial charge in [-0.1, -0.05) is 66.0 Å². The Kier molecular flexibility index (Phi) is 13.4. The molecule has 4 aromatic rings. The Morgan fingerprint density at radius 2 is 1.08 bits per heavy atom. The summed E-state index contributed by atoms with van der Waals surface area (Å²) in [5, 5.41) is 5.20. The first kappa shape index (κ1) is 24.3. The van der Waals surface area contributed by atoms with Crippen LogP contribution in [0.3, 0.4) is 0 Å². The van der Waals surface area contributed by atoms with Crippen LogP contribution in [0.25, 0.3) is 21.5 Å². The summed E-state index contributed by atoms with van der Waals surface area (Å²) in [6.45, 7) is 4.31. The van der Waals surface area contributed by atoms with Crippen molar-refractivity contribution in [2.24, 2.45) is 0 Å². The topological polar surface area (TPSA) is 0 Å². The summed E-state index contributed by atoms with van der Waals surface area (Å²) < 4.78 is 2.32. The summed E-state index contributed by atoms with van der Waals surface area (Å²) in [4.78, 5) is 0. The molecule has 0 fully saturated rings. The van der Waals surface area contributed by atoms with Gasteiger partial charge in [0.1, 0.15) is 0 Å². The van der Waals surface area contributed by atoms with Crippen molar-refractivity contribution in [2.75, 3.05) is 0 Å². The third kappa shape index (κ3) is 8.99. The number of rotatable bonds is 0. The predicted octanol–water partition coefficient (Wildman–Crippen LogP) is 8.81. The van der Waals surface area contributed by atoms with Crippen molar-refractivity contribution in [3.05, 3.63) is 81.7 Å². The van der Waals surface area contributed by atoms with Gasteiger partial charge in [-0.05, 0) is 0 Å². The standard InChI is InChI=1S/2C9H6Br.C2H6Si.2ClH.Zr/c2*10-9-5-7-3-1-2-4-8(7)6-9;1-3-2;;;/h2*1-6H;1-2H3;2*1H;/q2*-1;;;;+4/p-2. The normalized spacial score (nSPS) is 9.15. The SMILES string of the molecule is Brc1cc2ccccc2[cH-]1.Brc1cc2ccccc2[cH-]1.C[Si]C.[Cl][Zr+2][Cl]. The van der Waals surface area contributed by atoms with E-state index in [1.165, 1.54) is 21.5 Å². The van der Waals surface area contributed by atoms with E-state index in [4.69, 9.17) is 17.0 Å². The van der Waals surface area contributed by atoms with Gasteiger partial charge >= 0.3 is 37.9 Å². The Bertz CT molecular complexity index is 749. The fourth-order valence-corrected chi connectivity index (χ4v) is 3.21. The zero-order chi connectivity index (χ0) is 19.4. The summed E-state index contributed by atoms with van der Waals surface area (Å²) in [6, 6.07) is 25.1. The molecule has 0 N–H and O–H groups in total. The Labute approximate surface area is 193 Å². The number of benzene rings is 2. The van der Waals surface area contributed by atoms with Crippen LogP contribution in [0, 0.1) is 0 Å². The molecular weight excluding hydrogens is 590 g/mol. The molecule has 0 aliphatic rings. The van der Waals surface area contributed by atoms with Gasteiger partial charge < -0.3 is 0 Å². The predicted molar refractivity (Wildman–Crippen MR) is 124 cm³/mol. The molecule has 0 aromatic heterocycles. The van der Waals surface area contributed by atoms with E-state index in [0.29, 0.717) is 0 Å². The van der Waals surface area contributed by atoms with Crippen LogP contribution in [0.15, 0.2) is 81.7 Å². The summed E-state index contributed by atoms with van der Waals surface area (Å²) in [7, 11) is 11.0. The molecule has 0 saturated carbocycles. The first-order valence-corrected chi connectivity index (χ1v) is 17.6. The molecule has 4 rings (SSSR count). The summed E-state index contributed by atoms with van der Waals surface area (Å²) in [5.74, 6) is 0. The molecule has 134 valence electrons. The number of hydrogen-bond donors (Lipinski definition) is 0. The number of halogens is 4. The number of fused-ring (bicyclic) bond motifs is 2. The fourth-order valence-electron chi connectivity index (χ4n) is 2.23. The Hall–Kier alpha value is 0.300. The second kappa shape index (κ2) is 14.3. The monoisotopic (exact) mass is 604 g/mol. The van der Waals surface area contributed by atoms with Gasteiger partial charge in [0, 0.05) is 9.52 Å². The van der Waals surface area contributed by atoms with Crippen LogP contribution in [0.4, 0.5) is 0 Å². The summed E-state index contributed by atoms with van der Waals surface area (Å²) in [5.41, 5.74) is 0. The van der Waals surface area contributed by atoms with Crippen LogP contribution >= 0.6 is 48.9 Å². The second-order valence-electron chi connectivity index (χ2n) is 5.18. The van der Waals surface area contributed by atoms with Gasteiger partial charge in [0.2, 0.25) is 0 Å². The maximum atomic E-state index is 4.93. The molecule has 0 unspecified atom stereocenters. The molecule has 0 amide bonds. The molecule has 0 nitrogen and oxygen atoms in total. The zero-order valence-electron chi connectivity index (χ0n) is 14.4. The van der Waals surface area contributed by atoms with Gasteiger partial charge in [0.05, 0.1) is 0 Å². The molecule has 6 heteroatoms. The van der Waals surface area contributed by atoms with E-state index in [-0.39, 0.29) is 0 Å². The quantitative estimate of drug-likeness (QED) is 0.138. The van der Waals surface area contributed by atoms with Crippen molar-refractivity contribution >= 4 is 80.0 Å². The first-order valence-electron chi connectivity index (χ1n) is 7.72. The number of hydrogen-bond acceptors (Lipinski definition) is 0. The van der Waals surface area contributed by atoms with Crippen molar-refractivity contribution in [1.82, 2.24) is 0 Å². The van der Waals surface area contributed by atoms with Gasteiger partial charge in [0.25, 0.3) is 0 Å². The molecule has 0 atom stereocenters.